The number of rotatable bonds is 5. The van der Waals surface area contributed by atoms with Gasteiger partial charge in [-0.1, -0.05) is 18.2 Å². The summed E-state index contributed by atoms with van der Waals surface area (Å²) in [6.07, 6.45) is 5.19. The predicted molar refractivity (Wildman–Crippen MR) is 77.7 cm³/mol. The average Bonchev–Trinajstić information content (AvgIpc) is 2.68. The van der Waals surface area contributed by atoms with Crippen molar-refractivity contribution >= 4 is 23.3 Å². The lowest BCUT2D eigenvalue weighted by Crippen LogP contribution is -1.97. The van der Waals surface area contributed by atoms with Gasteiger partial charge in [0.15, 0.2) is 4.77 Å². The molecule has 1 aromatic heterocycles. The molecule has 18 heavy (non-hydrogen) atoms. The summed E-state index contributed by atoms with van der Waals surface area (Å²) in [7, 11) is 0. The molecule has 0 radical (unpaired) electrons. The Morgan fingerprint density at radius 2 is 2.28 bits per heavy atom. The van der Waals surface area contributed by atoms with Gasteiger partial charge in [0.2, 0.25) is 0 Å². The predicted octanol–water partition coefficient (Wildman–Crippen LogP) is 4.06. The Bertz CT molecular complexity index is 610. The minimum Gasteiger partial charge on any atom is -0.492 e. The number of hydrogen-bond donors (Lipinski definition) is 1. The number of ether oxygens (including phenoxy) is 1. The largest absolute Gasteiger partial charge is 0.492 e. The summed E-state index contributed by atoms with van der Waals surface area (Å²) in [4.78, 5) is 3.24. The van der Waals surface area contributed by atoms with E-state index in [0.29, 0.717) is 6.61 Å². The number of fused-ring (bicyclic) bond motifs is 1. The van der Waals surface area contributed by atoms with E-state index >= 15 is 0 Å². The maximum absolute atomic E-state index is 5.61. The highest BCUT2D eigenvalue weighted by Gasteiger charge is 2.08. The van der Waals surface area contributed by atoms with E-state index in [1.54, 1.807) is 0 Å². The molecular weight excluding hydrogens is 244 g/mol. The van der Waals surface area contributed by atoms with Gasteiger partial charge in [0.25, 0.3) is 0 Å². The van der Waals surface area contributed by atoms with Crippen molar-refractivity contribution in [3.8, 4) is 5.75 Å². The first-order valence-corrected chi connectivity index (χ1v) is 6.64. The van der Waals surface area contributed by atoms with Crippen molar-refractivity contribution in [3.63, 3.8) is 0 Å². The van der Waals surface area contributed by atoms with Gasteiger partial charge in [-0.25, -0.2) is 0 Å². The van der Waals surface area contributed by atoms with E-state index < -0.39 is 0 Å². The molecule has 0 aliphatic rings. The molecule has 1 heterocycles. The van der Waals surface area contributed by atoms with Crippen LogP contribution in [0.4, 0.5) is 0 Å². The van der Waals surface area contributed by atoms with Crippen LogP contribution in [0.25, 0.3) is 11.0 Å². The number of aromatic nitrogens is 2. The molecule has 0 saturated carbocycles. The van der Waals surface area contributed by atoms with Gasteiger partial charge >= 0.3 is 0 Å². The van der Waals surface area contributed by atoms with Crippen molar-refractivity contribution in [1.29, 1.82) is 0 Å². The van der Waals surface area contributed by atoms with Gasteiger partial charge in [0, 0.05) is 6.54 Å². The Morgan fingerprint density at radius 1 is 1.44 bits per heavy atom. The maximum atomic E-state index is 5.61. The third kappa shape index (κ3) is 2.48. The molecule has 0 unspecified atom stereocenters. The van der Waals surface area contributed by atoms with Gasteiger partial charge in [-0.2, -0.15) is 0 Å². The van der Waals surface area contributed by atoms with Crippen molar-refractivity contribution in [2.24, 2.45) is 0 Å². The molecule has 0 atom stereocenters. The highest BCUT2D eigenvalue weighted by atomic mass is 32.1. The molecular formula is C14H18N2OS. The molecule has 0 fully saturated rings. The monoisotopic (exact) mass is 262 g/mol. The van der Waals surface area contributed by atoms with Crippen LogP contribution in [0, 0.1) is 4.77 Å². The number of imidazole rings is 1. The van der Waals surface area contributed by atoms with Crippen LogP contribution < -0.4 is 4.74 Å². The van der Waals surface area contributed by atoms with Crippen LogP contribution in [0.3, 0.4) is 0 Å². The van der Waals surface area contributed by atoms with Crippen LogP contribution in [0.15, 0.2) is 30.4 Å². The Morgan fingerprint density at radius 3 is 3.00 bits per heavy atom. The number of H-pyrrole nitrogens is 1. The van der Waals surface area contributed by atoms with Crippen molar-refractivity contribution in [3.05, 3.63) is 35.1 Å². The Balaban J connectivity index is 2.44. The van der Waals surface area contributed by atoms with E-state index in [9.17, 15) is 0 Å². The molecule has 0 bridgehead atoms. The summed E-state index contributed by atoms with van der Waals surface area (Å²) < 4.78 is 8.48. The Labute approximate surface area is 112 Å². The molecule has 0 amide bonds. The number of hydrogen-bond acceptors (Lipinski definition) is 2. The third-order valence-electron chi connectivity index (χ3n) is 2.83. The fourth-order valence-electron chi connectivity index (χ4n) is 2.02. The molecule has 1 N–H and O–H groups in total. The average molecular weight is 262 g/mol. The molecule has 96 valence electrons. The molecule has 0 saturated heterocycles. The second kappa shape index (κ2) is 5.87. The van der Waals surface area contributed by atoms with Gasteiger partial charge in [0.1, 0.15) is 11.3 Å². The van der Waals surface area contributed by atoms with Crippen LogP contribution in [-0.2, 0) is 6.54 Å². The quantitative estimate of drug-likeness (QED) is 0.650. The fourth-order valence-corrected chi connectivity index (χ4v) is 2.31. The second-order valence-corrected chi connectivity index (χ2v) is 4.41. The molecule has 0 spiro atoms. The minimum atomic E-state index is 0.656. The van der Waals surface area contributed by atoms with Gasteiger partial charge in [-0.15, -0.1) is 0 Å². The lowest BCUT2D eigenvalue weighted by Gasteiger charge is -2.05. The topological polar surface area (TPSA) is 29.9 Å². The van der Waals surface area contributed by atoms with Crippen LogP contribution in [0.2, 0.25) is 0 Å². The summed E-state index contributed by atoms with van der Waals surface area (Å²) in [5, 5.41) is 0. The normalized spacial score (nSPS) is 11.4. The molecule has 0 aliphatic carbocycles. The zero-order chi connectivity index (χ0) is 13.0. The van der Waals surface area contributed by atoms with Crippen LogP contribution in [0.1, 0.15) is 20.3 Å². The van der Waals surface area contributed by atoms with Crippen molar-refractivity contribution in [2.75, 3.05) is 6.61 Å². The third-order valence-corrected chi connectivity index (χ3v) is 3.15. The first kappa shape index (κ1) is 12.9. The van der Waals surface area contributed by atoms with Crippen LogP contribution in [0.5, 0.6) is 5.75 Å². The molecule has 4 heteroatoms. The lowest BCUT2D eigenvalue weighted by molar-refractivity contribution is 0.343. The summed E-state index contributed by atoms with van der Waals surface area (Å²) in [6.45, 7) is 5.56. The van der Waals surface area contributed by atoms with E-state index in [4.69, 9.17) is 17.0 Å². The van der Waals surface area contributed by atoms with Crippen LogP contribution in [-0.4, -0.2) is 16.2 Å². The number of nitrogens with zero attached hydrogens (tertiary/aromatic N) is 1. The summed E-state index contributed by atoms with van der Waals surface area (Å²) in [5.41, 5.74) is 2.10. The number of aromatic amines is 1. The molecule has 0 aliphatic heterocycles. The number of benzene rings is 1. The van der Waals surface area contributed by atoms with E-state index in [2.05, 4.69) is 27.8 Å². The number of allylic oxidation sites excluding steroid dienone is 2. The highest BCUT2D eigenvalue weighted by Crippen LogP contribution is 2.25. The molecule has 2 aromatic rings. The number of aryl methyl sites for hydroxylation is 1. The van der Waals surface area contributed by atoms with Gasteiger partial charge in [-0.3, -0.25) is 0 Å². The highest BCUT2D eigenvalue weighted by molar-refractivity contribution is 7.71. The van der Waals surface area contributed by atoms with Crippen molar-refractivity contribution in [2.45, 2.75) is 26.8 Å². The zero-order valence-electron chi connectivity index (χ0n) is 10.8. The van der Waals surface area contributed by atoms with E-state index in [-0.39, 0.29) is 0 Å². The van der Waals surface area contributed by atoms with E-state index in [1.165, 1.54) is 0 Å². The van der Waals surface area contributed by atoms with Gasteiger partial charge in [0.05, 0.1) is 12.1 Å². The Hall–Kier alpha value is -1.55. The SMILES string of the molecule is C/C=C/CCn1c(=S)[nH]c2c(OCC)cccc21. The second-order valence-electron chi connectivity index (χ2n) is 4.02. The van der Waals surface area contributed by atoms with Gasteiger partial charge in [-0.05, 0) is 44.6 Å². The summed E-state index contributed by atoms with van der Waals surface area (Å²) in [5.74, 6) is 0.867. The zero-order valence-corrected chi connectivity index (χ0v) is 11.6. The first-order valence-electron chi connectivity index (χ1n) is 6.23. The number of nitrogens with one attached hydrogen (secondary N) is 1. The fraction of sp³-hybridized carbons (Fsp3) is 0.357. The standard InChI is InChI=1S/C14H18N2OS/c1-3-5-6-10-16-11-8-7-9-12(17-4-2)13(11)15-14(16)18/h3,5,7-9H,4,6,10H2,1-2H3,(H,15,18)/b5-3+. The van der Waals surface area contributed by atoms with E-state index in [1.807, 2.05) is 26.0 Å². The van der Waals surface area contributed by atoms with Crippen molar-refractivity contribution < 1.29 is 4.74 Å². The molecule has 3 nitrogen and oxygen atoms in total. The summed E-state index contributed by atoms with van der Waals surface area (Å²) >= 11 is 5.37. The van der Waals surface area contributed by atoms with Gasteiger partial charge < -0.3 is 14.3 Å². The van der Waals surface area contributed by atoms with E-state index in [0.717, 1.165) is 34.5 Å². The summed E-state index contributed by atoms with van der Waals surface area (Å²) in [6, 6.07) is 6.04. The Kier molecular flexibility index (Phi) is 4.20. The number of para-hydroxylation sites is 1. The first-order chi connectivity index (χ1) is 8.77. The maximum Gasteiger partial charge on any atom is 0.178 e. The smallest absolute Gasteiger partial charge is 0.178 e. The lowest BCUT2D eigenvalue weighted by atomic mass is 10.3. The molecule has 1 aromatic carbocycles. The molecule has 2 rings (SSSR count). The van der Waals surface area contributed by atoms with Crippen molar-refractivity contribution in [1.82, 2.24) is 9.55 Å². The van der Waals surface area contributed by atoms with Crippen LogP contribution >= 0.6 is 12.2 Å². The minimum absolute atomic E-state index is 0.656.